The molecule has 1 N–H and O–H groups in total. The van der Waals surface area contributed by atoms with E-state index in [-0.39, 0.29) is 6.04 Å². The van der Waals surface area contributed by atoms with Gasteiger partial charge in [-0.1, -0.05) is 6.92 Å². The zero-order valence-corrected chi connectivity index (χ0v) is 11.9. The molecule has 2 heterocycles. The smallest absolute Gasteiger partial charge is 0.407 e. The summed E-state index contributed by atoms with van der Waals surface area (Å²) in [6, 6.07) is 0.145. The van der Waals surface area contributed by atoms with Crippen LogP contribution in [0, 0.1) is 0 Å². The highest BCUT2D eigenvalue weighted by Gasteiger charge is 2.32. The molecule has 108 valence electrons. The first-order valence-electron chi connectivity index (χ1n) is 7.16. The van der Waals surface area contributed by atoms with E-state index in [9.17, 15) is 4.79 Å². The Balaban J connectivity index is 1.88. The normalized spacial score (nSPS) is 25.7. The van der Waals surface area contributed by atoms with Gasteiger partial charge in [0.05, 0.1) is 0 Å². The van der Waals surface area contributed by atoms with Gasteiger partial charge < -0.3 is 14.9 Å². The molecule has 0 spiro atoms. The molecule has 1 aromatic heterocycles. The monoisotopic (exact) mass is 276 g/mol. The molecule has 6 heteroatoms. The molecule has 1 fully saturated rings. The standard InChI is InChI=1S/C14H20N4O2/c1-9-3-4-11-12(9)13(16-8-15-11)18-6-5-17(14(19)20)7-10(18)2/h8-10H,3-7H2,1-2H3,(H,19,20)/t9-,10+/m1/s1. The minimum Gasteiger partial charge on any atom is -0.465 e. The molecule has 0 radical (unpaired) electrons. The van der Waals surface area contributed by atoms with Crippen LogP contribution in [-0.4, -0.2) is 51.7 Å². The van der Waals surface area contributed by atoms with Gasteiger partial charge in [-0.3, -0.25) is 0 Å². The van der Waals surface area contributed by atoms with Crippen molar-refractivity contribution in [2.24, 2.45) is 0 Å². The Morgan fingerprint density at radius 3 is 2.85 bits per heavy atom. The number of anilines is 1. The molecule has 0 aromatic carbocycles. The van der Waals surface area contributed by atoms with Gasteiger partial charge >= 0.3 is 6.09 Å². The predicted octanol–water partition coefficient (Wildman–Crippen LogP) is 1.71. The van der Waals surface area contributed by atoms with Gasteiger partial charge in [-0.25, -0.2) is 14.8 Å². The third-order valence-corrected chi connectivity index (χ3v) is 4.42. The number of fused-ring (bicyclic) bond motifs is 1. The lowest BCUT2D eigenvalue weighted by Crippen LogP contribution is -2.54. The van der Waals surface area contributed by atoms with E-state index in [2.05, 4.69) is 28.7 Å². The Labute approximate surface area is 118 Å². The number of carbonyl (C=O) groups is 1. The number of piperazine rings is 1. The lowest BCUT2D eigenvalue weighted by Gasteiger charge is -2.40. The first kappa shape index (κ1) is 13.1. The van der Waals surface area contributed by atoms with E-state index in [0.717, 1.165) is 24.4 Å². The number of aromatic nitrogens is 2. The third-order valence-electron chi connectivity index (χ3n) is 4.42. The number of rotatable bonds is 1. The van der Waals surface area contributed by atoms with Crippen molar-refractivity contribution in [1.82, 2.24) is 14.9 Å². The van der Waals surface area contributed by atoms with E-state index >= 15 is 0 Å². The summed E-state index contributed by atoms with van der Waals surface area (Å²) in [5.41, 5.74) is 2.43. The van der Waals surface area contributed by atoms with Crippen LogP contribution in [0.5, 0.6) is 0 Å². The van der Waals surface area contributed by atoms with Gasteiger partial charge in [0.15, 0.2) is 0 Å². The highest BCUT2D eigenvalue weighted by molar-refractivity contribution is 5.66. The third kappa shape index (κ3) is 2.09. The first-order valence-corrected chi connectivity index (χ1v) is 7.16. The Morgan fingerprint density at radius 1 is 1.35 bits per heavy atom. The summed E-state index contributed by atoms with van der Waals surface area (Å²) in [7, 11) is 0. The lowest BCUT2D eigenvalue weighted by molar-refractivity contribution is 0.136. The van der Waals surface area contributed by atoms with Crippen molar-refractivity contribution in [1.29, 1.82) is 0 Å². The molecule has 6 nitrogen and oxygen atoms in total. The molecule has 0 bridgehead atoms. The Hall–Kier alpha value is -1.85. The summed E-state index contributed by atoms with van der Waals surface area (Å²) in [6.45, 7) is 6.04. The molecule has 1 saturated heterocycles. The molecular weight excluding hydrogens is 256 g/mol. The van der Waals surface area contributed by atoms with Crippen LogP contribution >= 0.6 is 0 Å². The van der Waals surface area contributed by atoms with Crippen LogP contribution in [0.2, 0.25) is 0 Å². The van der Waals surface area contributed by atoms with Crippen LogP contribution < -0.4 is 4.90 Å². The fourth-order valence-corrected chi connectivity index (χ4v) is 3.30. The number of aryl methyl sites for hydroxylation is 1. The largest absolute Gasteiger partial charge is 0.465 e. The highest BCUT2D eigenvalue weighted by atomic mass is 16.4. The molecule has 0 saturated carbocycles. The maximum Gasteiger partial charge on any atom is 0.407 e. The van der Waals surface area contributed by atoms with Crippen molar-refractivity contribution < 1.29 is 9.90 Å². The van der Waals surface area contributed by atoms with E-state index in [1.54, 1.807) is 6.33 Å². The molecule has 1 amide bonds. The van der Waals surface area contributed by atoms with Crippen LogP contribution in [0.1, 0.15) is 37.4 Å². The van der Waals surface area contributed by atoms with Crippen LogP contribution in [-0.2, 0) is 6.42 Å². The minimum absolute atomic E-state index is 0.145. The Bertz CT molecular complexity index is 534. The summed E-state index contributed by atoms with van der Waals surface area (Å²) in [5, 5.41) is 9.09. The van der Waals surface area contributed by atoms with Gasteiger partial charge in [-0.05, 0) is 25.7 Å². The van der Waals surface area contributed by atoms with Gasteiger partial charge in [0, 0.05) is 36.9 Å². The SMILES string of the molecule is C[C@@H]1CCc2ncnc(N3CCN(C(=O)O)C[C@@H]3C)c21. The molecule has 1 aromatic rings. The van der Waals surface area contributed by atoms with Crippen molar-refractivity contribution in [3.05, 3.63) is 17.6 Å². The Morgan fingerprint density at radius 2 is 2.15 bits per heavy atom. The van der Waals surface area contributed by atoms with E-state index in [0.29, 0.717) is 25.6 Å². The van der Waals surface area contributed by atoms with E-state index < -0.39 is 6.09 Å². The molecule has 20 heavy (non-hydrogen) atoms. The number of nitrogens with zero attached hydrogens (tertiary/aromatic N) is 4. The van der Waals surface area contributed by atoms with Crippen LogP contribution in [0.15, 0.2) is 6.33 Å². The molecule has 2 atom stereocenters. The fourth-order valence-electron chi connectivity index (χ4n) is 3.30. The molecule has 0 unspecified atom stereocenters. The fraction of sp³-hybridized carbons (Fsp3) is 0.643. The second kappa shape index (κ2) is 4.92. The zero-order chi connectivity index (χ0) is 14.3. The second-order valence-electron chi connectivity index (χ2n) is 5.77. The summed E-state index contributed by atoms with van der Waals surface area (Å²) in [6.07, 6.45) is 2.96. The predicted molar refractivity (Wildman–Crippen MR) is 75.2 cm³/mol. The summed E-state index contributed by atoms with van der Waals surface area (Å²) in [5.74, 6) is 1.50. The molecule has 1 aliphatic carbocycles. The topological polar surface area (TPSA) is 69.6 Å². The zero-order valence-electron chi connectivity index (χ0n) is 11.9. The van der Waals surface area contributed by atoms with Gasteiger partial charge in [0.25, 0.3) is 0 Å². The van der Waals surface area contributed by atoms with Gasteiger partial charge in [0.1, 0.15) is 12.1 Å². The van der Waals surface area contributed by atoms with E-state index in [1.165, 1.54) is 10.5 Å². The van der Waals surface area contributed by atoms with Crippen LogP contribution in [0.3, 0.4) is 0 Å². The maximum absolute atomic E-state index is 11.1. The number of hydrogen-bond acceptors (Lipinski definition) is 4. The highest BCUT2D eigenvalue weighted by Crippen LogP contribution is 2.37. The molecule has 2 aliphatic rings. The van der Waals surface area contributed by atoms with Gasteiger partial charge in [-0.15, -0.1) is 0 Å². The summed E-state index contributed by atoms with van der Waals surface area (Å²) < 4.78 is 0. The van der Waals surface area contributed by atoms with Crippen molar-refractivity contribution in [2.75, 3.05) is 24.5 Å². The molecule has 3 rings (SSSR count). The van der Waals surface area contributed by atoms with Crippen molar-refractivity contribution >= 4 is 11.9 Å². The van der Waals surface area contributed by atoms with Gasteiger partial charge in [-0.2, -0.15) is 0 Å². The summed E-state index contributed by atoms with van der Waals surface area (Å²) >= 11 is 0. The van der Waals surface area contributed by atoms with Crippen molar-refractivity contribution in [2.45, 2.75) is 38.6 Å². The average molecular weight is 276 g/mol. The quantitative estimate of drug-likeness (QED) is 0.845. The van der Waals surface area contributed by atoms with Crippen LogP contribution in [0.4, 0.5) is 10.6 Å². The summed E-state index contributed by atoms with van der Waals surface area (Å²) in [4.78, 5) is 23.7. The first-order chi connectivity index (χ1) is 9.58. The number of hydrogen-bond donors (Lipinski definition) is 1. The van der Waals surface area contributed by atoms with E-state index in [1.807, 2.05) is 0 Å². The number of amides is 1. The minimum atomic E-state index is -0.835. The van der Waals surface area contributed by atoms with Gasteiger partial charge in [0.2, 0.25) is 0 Å². The van der Waals surface area contributed by atoms with E-state index in [4.69, 9.17) is 5.11 Å². The lowest BCUT2D eigenvalue weighted by atomic mass is 10.0. The molecular formula is C14H20N4O2. The average Bonchev–Trinajstić information content (AvgIpc) is 2.81. The van der Waals surface area contributed by atoms with Crippen molar-refractivity contribution in [3.8, 4) is 0 Å². The van der Waals surface area contributed by atoms with Crippen molar-refractivity contribution in [3.63, 3.8) is 0 Å². The second-order valence-corrected chi connectivity index (χ2v) is 5.77. The number of carboxylic acid groups (broad SMARTS) is 1. The maximum atomic E-state index is 11.1. The molecule has 1 aliphatic heterocycles. The Kier molecular flexibility index (Phi) is 3.23. The van der Waals surface area contributed by atoms with Crippen LogP contribution in [0.25, 0.3) is 0 Å².